The highest BCUT2D eigenvalue weighted by atomic mass is 16.3. The van der Waals surface area contributed by atoms with Crippen molar-refractivity contribution in [2.24, 2.45) is 5.92 Å². The monoisotopic (exact) mass is 389 g/mol. The first-order valence-electron chi connectivity index (χ1n) is 9.26. The highest BCUT2D eigenvalue weighted by molar-refractivity contribution is 6.06. The maximum absolute atomic E-state index is 12.5. The molecule has 1 heterocycles. The summed E-state index contributed by atoms with van der Waals surface area (Å²) < 4.78 is 5.05. The van der Waals surface area contributed by atoms with Gasteiger partial charge in [-0.2, -0.15) is 0 Å². The summed E-state index contributed by atoms with van der Waals surface area (Å²) in [4.78, 5) is 36.4. The summed E-state index contributed by atoms with van der Waals surface area (Å²) in [6.45, 7) is 0. The molecule has 1 aliphatic rings. The molecule has 7 heteroatoms. The van der Waals surface area contributed by atoms with Gasteiger partial charge < -0.3 is 20.4 Å². The number of carbonyl (C=O) groups excluding carboxylic acids is 3. The number of hydrogen-bond donors (Lipinski definition) is 3. The van der Waals surface area contributed by atoms with E-state index in [0.717, 1.165) is 12.8 Å². The molecule has 1 aliphatic carbocycles. The van der Waals surface area contributed by atoms with Crippen molar-refractivity contribution in [3.05, 3.63) is 78.3 Å². The standard InChI is InChI=1S/C22H19N3O4/c26-20(14-6-7-14)25-18-4-1-3-15(13-18)21(27)23-16-8-10-17(11-9-16)24-22(28)19-5-2-12-29-19/h1-5,8-14H,6-7H2,(H,23,27)(H,24,28)(H,25,26). The molecule has 0 radical (unpaired) electrons. The van der Waals surface area contributed by atoms with Gasteiger partial charge in [0.15, 0.2) is 5.76 Å². The van der Waals surface area contributed by atoms with Gasteiger partial charge in [-0.05, 0) is 67.4 Å². The molecule has 4 rings (SSSR count). The smallest absolute Gasteiger partial charge is 0.291 e. The Bertz CT molecular complexity index is 1040. The minimum Gasteiger partial charge on any atom is -0.459 e. The number of amides is 3. The SMILES string of the molecule is O=C(Nc1ccc(NC(=O)c2ccco2)cc1)c1cccc(NC(=O)C2CC2)c1. The molecule has 1 aromatic heterocycles. The van der Waals surface area contributed by atoms with E-state index in [2.05, 4.69) is 16.0 Å². The van der Waals surface area contributed by atoms with Crippen LogP contribution in [0.5, 0.6) is 0 Å². The van der Waals surface area contributed by atoms with Crippen molar-refractivity contribution in [2.45, 2.75) is 12.8 Å². The van der Waals surface area contributed by atoms with Crippen LogP contribution < -0.4 is 16.0 Å². The Hall–Kier alpha value is -3.87. The lowest BCUT2D eigenvalue weighted by Gasteiger charge is -2.09. The Balaban J connectivity index is 1.37. The first-order chi connectivity index (χ1) is 14.1. The van der Waals surface area contributed by atoms with Crippen LogP contribution >= 0.6 is 0 Å². The van der Waals surface area contributed by atoms with Gasteiger partial charge in [0.1, 0.15) is 0 Å². The minimum atomic E-state index is -0.350. The fourth-order valence-electron chi connectivity index (χ4n) is 2.77. The fourth-order valence-corrected chi connectivity index (χ4v) is 2.77. The van der Waals surface area contributed by atoms with Gasteiger partial charge in [-0.3, -0.25) is 14.4 Å². The van der Waals surface area contributed by atoms with Crippen LogP contribution in [0.1, 0.15) is 33.8 Å². The second kappa shape index (κ2) is 8.02. The van der Waals surface area contributed by atoms with Crippen LogP contribution in [0, 0.1) is 5.92 Å². The first kappa shape index (κ1) is 18.5. The van der Waals surface area contributed by atoms with E-state index in [1.54, 1.807) is 60.7 Å². The molecular weight excluding hydrogens is 370 g/mol. The lowest BCUT2D eigenvalue weighted by Crippen LogP contribution is -2.15. The number of nitrogens with one attached hydrogen (secondary N) is 3. The van der Waals surface area contributed by atoms with Gasteiger partial charge in [0.2, 0.25) is 5.91 Å². The number of hydrogen-bond acceptors (Lipinski definition) is 4. The summed E-state index contributed by atoms with van der Waals surface area (Å²) in [5, 5.41) is 8.34. The molecule has 0 atom stereocenters. The van der Waals surface area contributed by atoms with E-state index in [1.807, 2.05) is 0 Å². The average Bonchev–Trinajstić information content (AvgIpc) is 3.44. The van der Waals surface area contributed by atoms with Crippen molar-refractivity contribution < 1.29 is 18.8 Å². The van der Waals surface area contributed by atoms with Crippen LogP contribution in [0.15, 0.2) is 71.3 Å². The topological polar surface area (TPSA) is 100 Å². The van der Waals surface area contributed by atoms with Gasteiger partial charge in [0.05, 0.1) is 6.26 Å². The van der Waals surface area contributed by atoms with E-state index in [4.69, 9.17) is 4.42 Å². The van der Waals surface area contributed by atoms with E-state index in [9.17, 15) is 14.4 Å². The molecule has 3 amide bonds. The average molecular weight is 389 g/mol. The maximum atomic E-state index is 12.5. The summed E-state index contributed by atoms with van der Waals surface area (Å²) in [5.41, 5.74) is 2.20. The first-order valence-corrected chi connectivity index (χ1v) is 9.26. The molecule has 146 valence electrons. The molecule has 0 spiro atoms. The van der Waals surface area contributed by atoms with Crippen LogP contribution in [0.3, 0.4) is 0 Å². The van der Waals surface area contributed by atoms with Gasteiger partial charge in [-0.1, -0.05) is 6.07 Å². The summed E-state index contributed by atoms with van der Waals surface area (Å²) in [6, 6.07) is 16.8. The summed E-state index contributed by atoms with van der Waals surface area (Å²) in [5.74, 6) is -0.332. The van der Waals surface area contributed by atoms with Crippen molar-refractivity contribution in [1.82, 2.24) is 0 Å². The highest BCUT2D eigenvalue weighted by Crippen LogP contribution is 2.30. The van der Waals surface area contributed by atoms with Crippen molar-refractivity contribution in [1.29, 1.82) is 0 Å². The third-order valence-electron chi connectivity index (χ3n) is 4.49. The van der Waals surface area contributed by atoms with Crippen LogP contribution in [0.4, 0.5) is 17.1 Å². The van der Waals surface area contributed by atoms with Gasteiger partial charge >= 0.3 is 0 Å². The van der Waals surface area contributed by atoms with E-state index >= 15 is 0 Å². The lowest BCUT2D eigenvalue weighted by molar-refractivity contribution is -0.117. The van der Waals surface area contributed by atoms with Gasteiger partial charge in [-0.15, -0.1) is 0 Å². The third-order valence-corrected chi connectivity index (χ3v) is 4.49. The number of benzene rings is 2. The molecule has 0 bridgehead atoms. The van der Waals surface area contributed by atoms with Crippen molar-refractivity contribution >= 4 is 34.8 Å². The number of anilines is 3. The minimum absolute atomic E-state index is 0.00487. The molecule has 3 N–H and O–H groups in total. The van der Waals surface area contributed by atoms with Gasteiger partial charge in [0, 0.05) is 28.5 Å². The zero-order valence-electron chi connectivity index (χ0n) is 15.5. The van der Waals surface area contributed by atoms with Crippen LogP contribution in [-0.2, 0) is 4.79 Å². The Labute approximate surface area is 167 Å². The number of carbonyl (C=O) groups is 3. The fraction of sp³-hybridized carbons (Fsp3) is 0.136. The van der Waals surface area contributed by atoms with Crippen LogP contribution in [0.2, 0.25) is 0 Å². The maximum Gasteiger partial charge on any atom is 0.291 e. The molecule has 3 aromatic rings. The molecule has 7 nitrogen and oxygen atoms in total. The highest BCUT2D eigenvalue weighted by Gasteiger charge is 2.29. The second-order valence-corrected chi connectivity index (χ2v) is 6.81. The Kier molecular flexibility index (Phi) is 5.11. The summed E-state index contributed by atoms with van der Waals surface area (Å²) >= 11 is 0. The molecule has 1 saturated carbocycles. The Morgan fingerprint density at radius 3 is 2.07 bits per heavy atom. The van der Waals surface area contributed by atoms with E-state index < -0.39 is 0 Å². The normalized spacial score (nSPS) is 12.8. The van der Waals surface area contributed by atoms with Crippen LogP contribution in [-0.4, -0.2) is 17.7 Å². The second-order valence-electron chi connectivity index (χ2n) is 6.81. The summed E-state index contributed by atoms with van der Waals surface area (Å²) in [7, 11) is 0. The molecular formula is C22H19N3O4. The van der Waals surface area contributed by atoms with E-state index in [-0.39, 0.29) is 29.4 Å². The van der Waals surface area contributed by atoms with Crippen LogP contribution in [0.25, 0.3) is 0 Å². The Morgan fingerprint density at radius 1 is 0.759 bits per heavy atom. The molecule has 29 heavy (non-hydrogen) atoms. The zero-order valence-corrected chi connectivity index (χ0v) is 15.5. The largest absolute Gasteiger partial charge is 0.459 e. The van der Waals surface area contributed by atoms with E-state index in [0.29, 0.717) is 22.6 Å². The predicted molar refractivity (Wildman–Crippen MR) is 109 cm³/mol. The van der Waals surface area contributed by atoms with Gasteiger partial charge in [0.25, 0.3) is 11.8 Å². The third kappa shape index (κ3) is 4.70. The molecule has 1 fully saturated rings. The van der Waals surface area contributed by atoms with Crippen molar-refractivity contribution in [3.8, 4) is 0 Å². The molecule has 0 unspecified atom stereocenters. The molecule has 2 aromatic carbocycles. The summed E-state index contributed by atoms with van der Waals surface area (Å²) in [6.07, 6.45) is 3.27. The predicted octanol–water partition coefficient (Wildman–Crippen LogP) is 4.13. The molecule has 0 saturated heterocycles. The quantitative estimate of drug-likeness (QED) is 0.590. The van der Waals surface area contributed by atoms with E-state index in [1.165, 1.54) is 6.26 Å². The van der Waals surface area contributed by atoms with Gasteiger partial charge in [-0.25, -0.2) is 0 Å². The molecule has 0 aliphatic heterocycles. The lowest BCUT2D eigenvalue weighted by atomic mass is 10.1. The van der Waals surface area contributed by atoms with Crippen molar-refractivity contribution in [3.63, 3.8) is 0 Å². The Morgan fingerprint density at radius 2 is 1.45 bits per heavy atom. The number of rotatable bonds is 6. The zero-order chi connectivity index (χ0) is 20.2. The number of furan rings is 1. The van der Waals surface area contributed by atoms with Crippen molar-refractivity contribution in [2.75, 3.05) is 16.0 Å².